The molecule has 1 atom stereocenters. The van der Waals surface area contributed by atoms with Gasteiger partial charge in [0, 0.05) is 29.2 Å². The van der Waals surface area contributed by atoms with Gasteiger partial charge in [-0.1, -0.05) is 35.0 Å². The van der Waals surface area contributed by atoms with Crippen LogP contribution < -0.4 is 5.32 Å². The summed E-state index contributed by atoms with van der Waals surface area (Å²) in [6.45, 7) is 8.43. The second-order valence-corrected chi connectivity index (χ2v) is 6.56. The van der Waals surface area contributed by atoms with Crippen molar-refractivity contribution in [2.75, 3.05) is 13.1 Å². The molecular weight excluding hydrogens is 326 g/mol. The Morgan fingerprint density at radius 3 is 2.48 bits per heavy atom. The van der Waals surface area contributed by atoms with E-state index in [1.54, 1.807) is 0 Å². The van der Waals surface area contributed by atoms with Crippen LogP contribution in [0.15, 0.2) is 41.0 Å². The molecule has 1 unspecified atom stereocenters. The second-order valence-electron chi connectivity index (χ2n) is 5.64. The molecule has 0 amide bonds. The number of hydrogen-bond acceptors (Lipinski definition) is 2. The van der Waals surface area contributed by atoms with Gasteiger partial charge in [-0.2, -0.15) is 5.10 Å². The third kappa shape index (κ3) is 4.68. The summed E-state index contributed by atoms with van der Waals surface area (Å²) in [4.78, 5) is 0. The van der Waals surface area contributed by atoms with Crippen LogP contribution >= 0.6 is 15.9 Å². The van der Waals surface area contributed by atoms with Crippen LogP contribution in [0.4, 0.5) is 0 Å². The van der Waals surface area contributed by atoms with E-state index in [1.165, 1.54) is 5.56 Å². The van der Waals surface area contributed by atoms with Crippen molar-refractivity contribution in [3.8, 4) is 0 Å². The van der Waals surface area contributed by atoms with Crippen LogP contribution in [0.1, 0.15) is 44.0 Å². The molecule has 4 heteroatoms. The minimum atomic E-state index is 0.415. The molecule has 0 bridgehead atoms. The summed E-state index contributed by atoms with van der Waals surface area (Å²) < 4.78 is 3.15. The highest BCUT2D eigenvalue weighted by Gasteiger charge is 2.14. The Morgan fingerprint density at radius 1 is 1.19 bits per heavy atom. The molecule has 0 fully saturated rings. The molecular formula is C17H24BrN3. The molecule has 1 heterocycles. The average Bonchev–Trinajstić information content (AvgIpc) is 2.93. The molecule has 1 aromatic heterocycles. The van der Waals surface area contributed by atoms with Crippen LogP contribution in [-0.4, -0.2) is 22.9 Å². The fourth-order valence-corrected chi connectivity index (χ4v) is 2.65. The Kier molecular flexibility index (Phi) is 6.00. The summed E-state index contributed by atoms with van der Waals surface area (Å²) in [5.74, 6) is 0.452. The van der Waals surface area contributed by atoms with Crippen molar-refractivity contribution in [1.82, 2.24) is 15.1 Å². The molecule has 1 N–H and O–H groups in total. The highest BCUT2D eigenvalue weighted by molar-refractivity contribution is 9.10. The van der Waals surface area contributed by atoms with E-state index in [2.05, 4.69) is 83.6 Å². The van der Waals surface area contributed by atoms with Gasteiger partial charge in [-0.05, 0) is 50.6 Å². The van der Waals surface area contributed by atoms with Crippen molar-refractivity contribution < 1.29 is 0 Å². The molecule has 0 aliphatic heterocycles. The molecule has 0 aliphatic carbocycles. The van der Waals surface area contributed by atoms with E-state index in [-0.39, 0.29) is 0 Å². The Morgan fingerprint density at radius 2 is 1.90 bits per heavy atom. The standard InChI is InChI=1S/C17H24BrN3/c1-4-19-12-15(14-5-7-16(18)8-6-14)11-17-9-10-21(20-17)13(2)3/h5-10,13,15,19H,4,11-12H2,1-3H3. The van der Waals surface area contributed by atoms with Gasteiger partial charge in [-0.15, -0.1) is 0 Å². The molecule has 2 aromatic rings. The maximum atomic E-state index is 4.68. The maximum absolute atomic E-state index is 4.68. The monoisotopic (exact) mass is 349 g/mol. The van der Waals surface area contributed by atoms with Crippen molar-refractivity contribution in [3.05, 3.63) is 52.3 Å². The molecule has 1 aromatic carbocycles. The van der Waals surface area contributed by atoms with Crippen LogP contribution in [-0.2, 0) is 6.42 Å². The summed E-state index contributed by atoms with van der Waals surface area (Å²) in [5.41, 5.74) is 2.52. The maximum Gasteiger partial charge on any atom is 0.0631 e. The van der Waals surface area contributed by atoms with Gasteiger partial charge in [-0.25, -0.2) is 0 Å². The number of benzene rings is 1. The SMILES string of the molecule is CCNCC(Cc1ccn(C(C)C)n1)c1ccc(Br)cc1. The van der Waals surface area contributed by atoms with E-state index in [0.717, 1.165) is 29.7 Å². The van der Waals surface area contributed by atoms with E-state index in [9.17, 15) is 0 Å². The quantitative estimate of drug-likeness (QED) is 0.813. The van der Waals surface area contributed by atoms with Crippen LogP contribution in [0.25, 0.3) is 0 Å². The highest BCUT2D eigenvalue weighted by Crippen LogP contribution is 2.22. The van der Waals surface area contributed by atoms with Gasteiger partial charge in [0.15, 0.2) is 0 Å². The van der Waals surface area contributed by atoms with Crippen molar-refractivity contribution in [3.63, 3.8) is 0 Å². The van der Waals surface area contributed by atoms with E-state index >= 15 is 0 Å². The Labute approximate surface area is 135 Å². The number of likely N-dealkylation sites (N-methyl/N-ethyl adjacent to an activating group) is 1. The normalized spacial score (nSPS) is 12.8. The van der Waals surface area contributed by atoms with Crippen molar-refractivity contribution in [1.29, 1.82) is 0 Å². The number of rotatable bonds is 7. The van der Waals surface area contributed by atoms with E-state index in [1.807, 2.05) is 4.68 Å². The summed E-state index contributed by atoms with van der Waals surface area (Å²) in [6, 6.07) is 11.2. The topological polar surface area (TPSA) is 29.9 Å². The summed E-state index contributed by atoms with van der Waals surface area (Å²) >= 11 is 3.50. The van der Waals surface area contributed by atoms with Gasteiger partial charge < -0.3 is 5.32 Å². The first-order valence-electron chi connectivity index (χ1n) is 7.60. The first-order valence-corrected chi connectivity index (χ1v) is 8.39. The lowest BCUT2D eigenvalue weighted by atomic mass is 9.94. The smallest absolute Gasteiger partial charge is 0.0631 e. The molecule has 3 nitrogen and oxygen atoms in total. The van der Waals surface area contributed by atoms with Gasteiger partial charge in [0.2, 0.25) is 0 Å². The minimum Gasteiger partial charge on any atom is -0.316 e. The van der Waals surface area contributed by atoms with E-state index < -0.39 is 0 Å². The summed E-state index contributed by atoms with van der Waals surface area (Å²) in [7, 11) is 0. The summed E-state index contributed by atoms with van der Waals surface area (Å²) in [6.07, 6.45) is 3.04. The van der Waals surface area contributed by atoms with Gasteiger partial charge in [0.25, 0.3) is 0 Å². The average molecular weight is 350 g/mol. The van der Waals surface area contributed by atoms with Gasteiger partial charge in [-0.3, -0.25) is 4.68 Å². The lowest BCUT2D eigenvalue weighted by Crippen LogP contribution is -2.23. The molecule has 0 saturated heterocycles. The highest BCUT2D eigenvalue weighted by atomic mass is 79.9. The molecule has 21 heavy (non-hydrogen) atoms. The number of aromatic nitrogens is 2. The molecule has 0 saturated carbocycles. The van der Waals surface area contributed by atoms with Crippen LogP contribution in [0, 0.1) is 0 Å². The Balaban J connectivity index is 2.13. The lowest BCUT2D eigenvalue weighted by Gasteiger charge is -2.17. The first-order chi connectivity index (χ1) is 10.1. The van der Waals surface area contributed by atoms with Gasteiger partial charge in [0.05, 0.1) is 5.69 Å². The fraction of sp³-hybridized carbons (Fsp3) is 0.471. The largest absolute Gasteiger partial charge is 0.316 e. The molecule has 0 spiro atoms. The van der Waals surface area contributed by atoms with Crippen LogP contribution in [0.2, 0.25) is 0 Å². The van der Waals surface area contributed by atoms with Crippen molar-refractivity contribution >= 4 is 15.9 Å². The predicted molar refractivity (Wildman–Crippen MR) is 91.7 cm³/mol. The number of nitrogens with one attached hydrogen (secondary N) is 1. The first kappa shape index (κ1) is 16.2. The van der Waals surface area contributed by atoms with E-state index in [4.69, 9.17) is 0 Å². The Bertz CT molecular complexity index is 545. The summed E-state index contributed by atoms with van der Waals surface area (Å²) in [5, 5.41) is 8.15. The van der Waals surface area contributed by atoms with Crippen molar-refractivity contribution in [2.45, 2.75) is 39.2 Å². The molecule has 2 rings (SSSR count). The Hall–Kier alpha value is -1.13. The zero-order chi connectivity index (χ0) is 15.2. The number of hydrogen-bond donors (Lipinski definition) is 1. The zero-order valence-electron chi connectivity index (χ0n) is 13.0. The van der Waals surface area contributed by atoms with E-state index in [0.29, 0.717) is 12.0 Å². The van der Waals surface area contributed by atoms with Gasteiger partial charge >= 0.3 is 0 Å². The fourth-order valence-electron chi connectivity index (χ4n) is 2.39. The molecule has 0 aliphatic rings. The number of halogens is 1. The minimum absolute atomic E-state index is 0.415. The molecule has 0 radical (unpaired) electrons. The second kappa shape index (κ2) is 7.76. The lowest BCUT2D eigenvalue weighted by molar-refractivity contribution is 0.518. The van der Waals surface area contributed by atoms with Crippen LogP contribution in [0.5, 0.6) is 0 Å². The number of nitrogens with zero attached hydrogens (tertiary/aromatic N) is 2. The molecule has 114 valence electrons. The third-order valence-electron chi connectivity index (χ3n) is 3.63. The predicted octanol–water partition coefficient (Wildman–Crippen LogP) is 4.16. The third-order valence-corrected chi connectivity index (χ3v) is 4.16. The zero-order valence-corrected chi connectivity index (χ0v) is 14.6. The van der Waals surface area contributed by atoms with Crippen LogP contribution in [0.3, 0.4) is 0 Å². The van der Waals surface area contributed by atoms with Gasteiger partial charge in [0.1, 0.15) is 0 Å². The van der Waals surface area contributed by atoms with Crippen molar-refractivity contribution in [2.24, 2.45) is 0 Å².